The van der Waals surface area contributed by atoms with Gasteiger partial charge in [0.05, 0.1) is 10.7 Å². The maximum Gasteiger partial charge on any atom is 0.164 e. The van der Waals surface area contributed by atoms with Crippen LogP contribution < -0.4 is 5.32 Å². The molecule has 0 radical (unpaired) electrons. The molecule has 2 aromatic carbocycles. The van der Waals surface area contributed by atoms with Gasteiger partial charge in [0.15, 0.2) is 5.78 Å². The molecule has 0 aromatic heterocycles. The first kappa shape index (κ1) is 13.6. The van der Waals surface area contributed by atoms with E-state index in [9.17, 15) is 4.79 Å². The van der Waals surface area contributed by atoms with E-state index in [4.69, 9.17) is 11.6 Å². The number of carbonyl (C=O) groups is 1. The standard InChI is InChI=1S/C16H16ClNO/c1-12-6-8-13(9-7-12)16(19)10-11-18-15-5-3-2-4-14(15)17/h2-9,18H,10-11H2,1H3. The molecule has 0 aliphatic rings. The average molecular weight is 274 g/mol. The van der Waals surface area contributed by atoms with Crippen molar-refractivity contribution in [2.45, 2.75) is 13.3 Å². The van der Waals surface area contributed by atoms with Gasteiger partial charge in [-0.25, -0.2) is 0 Å². The topological polar surface area (TPSA) is 29.1 Å². The Bertz CT molecular complexity index is 563. The van der Waals surface area contributed by atoms with Gasteiger partial charge in [-0.3, -0.25) is 4.79 Å². The van der Waals surface area contributed by atoms with E-state index in [-0.39, 0.29) is 5.78 Å². The molecule has 0 unspecified atom stereocenters. The smallest absolute Gasteiger partial charge is 0.164 e. The lowest BCUT2D eigenvalue weighted by molar-refractivity contribution is 0.0986. The Kier molecular flexibility index (Phi) is 4.58. The molecule has 19 heavy (non-hydrogen) atoms. The van der Waals surface area contributed by atoms with Crippen LogP contribution in [-0.2, 0) is 0 Å². The molecule has 0 aliphatic heterocycles. The number of nitrogens with one attached hydrogen (secondary N) is 1. The van der Waals surface area contributed by atoms with Crippen molar-refractivity contribution in [1.82, 2.24) is 0 Å². The highest BCUT2D eigenvalue weighted by Gasteiger charge is 2.05. The van der Waals surface area contributed by atoms with Crippen LogP contribution in [0.25, 0.3) is 0 Å². The van der Waals surface area contributed by atoms with E-state index in [1.165, 1.54) is 0 Å². The largest absolute Gasteiger partial charge is 0.383 e. The number of carbonyl (C=O) groups excluding carboxylic acids is 1. The van der Waals surface area contributed by atoms with E-state index < -0.39 is 0 Å². The molecule has 3 heteroatoms. The van der Waals surface area contributed by atoms with Gasteiger partial charge in [0.2, 0.25) is 0 Å². The van der Waals surface area contributed by atoms with Gasteiger partial charge < -0.3 is 5.32 Å². The molecular formula is C16H16ClNO. The van der Waals surface area contributed by atoms with E-state index in [2.05, 4.69) is 5.32 Å². The molecule has 0 aliphatic carbocycles. The SMILES string of the molecule is Cc1ccc(C(=O)CCNc2ccccc2Cl)cc1. The first-order chi connectivity index (χ1) is 9.16. The van der Waals surface area contributed by atoms with E-state index in [1.54, 1.807) is 0 Å². The maximum absolute atomic E-state index is 12.0. The Morgan fingerprint density at radius 2 is 1.79 bits per heavy atom. The summed E-state index contributed by atoms with van der Waals surface area (Å²) >= 11 is 6.03. The van der Waals surface area contributed by atoms with Crippen LogP contribution in [0.3, 0.4) is 0 Å². The number of para-hydroxylation sites is 1. The summed E-state index contributed by atoms with van der Waals surface area (Å²) in [6.45, 7) is 2.59. The lowest BCUT2D eigenvalue weighted by atomic mass is 10.1. The van der Waals surface area contributed by atoms with Crippen molar-refractivity contribution < 1.29 is 4.79 Å². The van der Waals surface area contributed by atoms with E-state index in [0.29, 0.717) is 18.0 Å². The molecule has 2 rings (SSSR count). The summed E-state index contributed by atoms with van der Waals surface area (Å²) < 4.78 is 0. The Morgan fingerprint density at radius 3 is 2.47 bits per heavy atom. The maximum atomic E-state index is 12.0. The van der Waals surface area contributed by atoms with Gasteiger partial charge in [-0.15, -0.1) is 0 Å². The van der Waals surface area contributed by atoms with Crippen molar-refractivity contribution in [2.75, 3.05) is 11.9 Å². The van der Waals surface area contributed by atoms with E-state index in [0.717, 1.165) is 16.8 Å². The fraction of sp³-hybridized carbons (Fsp3) is 0.188. The monoisotopic (exact) mass is 273 g/mol. The zero-order chi connectivity index (χ0) is 13.7. The molecule has 0 spiro atoms. The summed E-state index contributed by atoms with van der Waals surface area (Å²) in [6, 6.07) is 15.2. The lowest BCUT2D eigenvalue weighted by Gasteiger charge is -2.07. The second-order valence-corrected chi connectivity index (χ2v) is 4.85. The molecule has 98 valence electrons. The van der Waals surface area contributed by atoms with Crippen LogP contribution in [-0.4, -0.2) is 12.3 Å². The van der Waals surface area contributed by atoms with Crippen LogP contribution >= 0.6 is 11.6 Å². The third-order valence-corrected chi connectivity index (χ3v) is 3.24. The van der Waals surface area contributed by atoms with Gasteiger partial charge >= 0.3 is 0 Å². The Balaban J connectivity index is 1.88. The van der Waals surface area contributed by atoms with Crippen molar-refractivity contribution in [3.63, 3.8) is 0 Å². The van der Waals surface area contributed by atoms with Crippen LogP contribution in [0, 0.1) is 6.92 Å². The lowest BCUT2D eigenvalue weighted by Crippen LogP contribution is -2.09. The van der Waals surface area contributed by atoms with Gasteiger partial charge in [0.25, 0.3) is 0 Å². The van der Waals surface area contributed by atoms with Crippen LogP contribution in [0.1, 0.15) is 22.3 Å². The Hall–Kier alpha value is -1.80. The second kappa shape index (κ2) is 6.39. The number of benzene rings is 2. The van der Waals surface area contributed by atoms with Crippen LogP contribution in [0.4, 0.5) is 5.69 Å². The second-order valence-electron chi connectivity index (χ2n) is 4.45. The highest BCUT2D eigenvalue weighted by Crippen LogP contribution is 2.20. The van der Waals surface area contributed by atoms with Gasteiger partial charge in [0, 0.05) is 18.5 Å². The first-order valence-corrected chi connectivity index (χ1v) is 6.63. The molecule has 0 heterocycles. The van der Waals surface area contributed by atoms with Crippen molar-refractivity contribution in [1.29, 1.82) is 0 Å². The quantitative estimate of drug-likeness (QED) is 0.822. The van der Waals surface area contributed by atoms with Gasteiger partial charge in [-0.2, -0.15) is 0 Å². The molecule has 2 nitrogen and oxygen atoms in total. The van der Waals surface area contributed by atoms with Gasteiger partial charge in [0.1, 0.15) is 0 Å². The highest BCUT2D eigenvalue weighted by atomic mass is 35.5. The van der Waals surface area contributed by atoms with Crippen molar-refractivity contribution in [2.24, 2.45) is 0 Å². The highest BCUT2D eigenvalue weighted by molar-refractivity contribution is 6.33. The molecule has 0 saturated heterocycles. The minimum atomic E-state index is 0.138. The van der Waals surface area contributed by atoms with E-state index >= 15 is 0 Å². The van der Waals surface area contributed by atoms with Crippen LogP contribution in [0.15, 0.2) is 48.5 Å². The fourth-order valence-corrected chi connectivity index (χ4v) is 2.00. The summed E-state index contributed by atoms with van der Waals surface area (Å²) in [5.41, 5.74) is 2.78. The summed E-state index contributed by atoms with van der Waals surface area (Å²) in [5, 5.41) is 3.84. The molecule has 0 atom stereocenters. The minimum absolute atomic E-state index is 0.138. The third kappa shape index (κ3) is 3.83. The van der Waals surface area contributed by atoms with Crippen molar-refractivity contribution >= 4 is 23.1 Å². The minimum Gasteiger partial charge on any atom is -0.383 e. The number of hydrogen-bond acceptors (Lipinski definition) is 2. The predicted molar refractivity (Wildman–Crippen MR) is 80.1 cm³/mol. The Labute approximate surface area is 118 Å². The van der Waals surface area contributed by atoms with Crippen LogP contribution in [0.5, 0.6) is 0 Å². The molecule has 1 N–H and O–H groups in total. The number of anilines is 1. The summed E-state index contributed by atoms with van der Waals surface area (Å²) in [5.74, 6) is 0.138. The number of ketones is 1. The molecule has 0 saturated carbocycles. The number of hydrogen-bond donors (Lipinski definition) is 1. The zero-order valence-corrected chi connectivity index (χ0v) is 11.6. The summed E-state index contributed by atoms with van der Waals surface area (Å²) in [4.78, 5) is 12.0. The number of Topliss-reactive ketones (excluding diaryl/α,β-unsaturated/α-hetero) is 1. The molecule has 2 aromatic rings. The number of rotatable bonds is 5. The first-order valence-electron chi connectivity index (χ1n) is 6.25. The molecule has 0 bridgehead atoms. The summed E-state index contributed by atoms with van der Waals surface area (Å²) in [7, 11) is 0. The Morgan fingerprint density at radius 1 is 1.11 bits per heavy atom. The normalized spacial score (nSPS) is 10.2. The van der Waals surface area contributed by atoms with Gasteiger partial charge in [-0.05, 0) is 19.1 Å². The zero-order valence-electron chi connectivity index (χ0n) is 10.8. The summed E-state index contributed by atoms with van der Waals surface area (Å²) in [6.07, 6.45) is 0.453. The number of halogens is 1. The van der Waals surface area contributed by atoms with Crippen molar-refractivity contribution in [3.8, 4) is 0 Å². The number of aryl methyl sites for hydroxylation is 1. The third-order valence-electron chi connectivity index (χ3n) is 2.91. The average Bonchev–Trinajstić information content (AvgIpc) is 2.41. The predicted octanol–water partition coefficient (Wildman–Crippen LogP) is 4.33. The van der Waals surface area contributed by atoms with Crippen molar-refractivity contribution in [3.05, 3.63) is 64.7 Å². The molecule has 0 fully saturated rings. The molecule has 0 amide bonds. The van der Waals surface area contributed by atoms with E-state index in [1.807, 2.05) is 55.5 Å². The van der Waals surface area contributed by atoms with Crippen LogP contribution in [0.2, 0.25) is 5.02 Å². The molecular weight excluding hydrogens is 258 g/mol. The van der Waals surface area contributed by atoms with Gasteiger partial charge in [-0.1, -0.05) is 53.6 Å². The fourth-order valence-electron chi connectivity index (χ4n) is 1.80.